The fourth-order valence-corrected chi connectivity index (χ4v) is 9.82. The van der Waals surface area contributed by atoms with Gasteiger partial charge in [0, 0.05) is 0 Å². The topological polar surface area (TPSA) is 51.6 Å². The zero-order valence-corrected chi connectivity index (χ0v) is 29.2. The molecule has 0 N–H and O–H groups in total. The van der Waals surface area contributed by atoms with E-state index < -0.39 is 0 Å². The van der Waals surface area contributed by atoms with Crippen molar-refractivity contribution in [2.24, 2.45) is 0 Å². The van der Waals surface area contributed by atoms with Crippen molar-refractivity contribution in [3.63, 3.8) is 0 Å². The molecule has 9 heteroatoms. The average Bonchev–Trinajstić information content (AvgIpc) is 3.82. The van der Waals surface area contributed by atoms with Gasteiger partial charge in [0.1, 0.15) is 10.0 Å². The van der Waals surface area contributed by atoms with Crippen LogP contribution in [0.1, 0.15) is 46.1 Å². The normalized spacial score (nSPS) is 11.9. The molecule has 0 fully saturated rings. The number of hydrogen-bond acceptors (Lipinski definition) is 9. The highest BCUT2D eigenvalue weighted by Crippen LogP contribution is 2.41. The first-order chi connectivity index (χ1) is 22.0. The number of thiazole rings is 4. The molecular weight excluding hydrogens is 649 g/mol. The van der Waals surface area contributed by atoms with Crippen LogP contribution < -0.4 is 0 Å². The Bertz CT molecular complexity index is 2070. The van der Waals surface area contributed by atoms with E-state index in [0.29, 0.717) is 0 Å². The van der Waals surface area contributed by atoms with Gasteiger partial charge in [0.2, 0.25) is 0 Å². The molecule has 45 heavy (non-hydrogen) atoms. The van der Waals surface area contributed by atoms with Gasteiger partial charge in [-0.25, -0.2) is 19.9 Å². The van der Waals surface area contributed by atoms with Gasteiger partial charge in [-0.1, -0.05) is 85.7 Å². The fourth-order valence-electron chi connectivity index (χ4n) is 4.69. The zero-order valence-electron chi connectivity index (χ0n) is 25.1. The molecule has 4 nitrogen and oxygen atoms in total. The van der Waals surface area contributed by atoms with Crippen molar-refractivity contribution < 1.29 is 0 Å². The van der Waals surface area contributed by atoms with Crippen molar-refractivity contribution in [3.05, 3.63) is 105 Å². The molecule has 4 aromatic carbocycles. The van der Waals surface area contributed by atoms with E-state index in [1.165, 1.54) is 22.3 Å². The number of aromatic nitrogens is 4. The minimum Gasteiger partial charge on any atom is -0.237 e. The van der Waals surface area contributed by atoms with Gasteiger partial charge in [-0.15, -0.1) is 45.3 Å². The lowest BCUT2D eigenvalue weighted by molar-refractivity contribution is 1.26. The summed E-state index contributed by atoms with van der Waals surface area (Å²) < 4.78 is 6.58. The minimum absolute atomic E-state index is 0.995. The molecule has 0 atom stereocenters. The standard InChI is InChI=1S/C34H22N4S5.C2H6/c1-19-3-7-21(8-4-19)11-13-31-35-23-15-29-25(17-27(23)39-31)37-33(41-29)43-34-38-26-18-28-24(16-30(26)42-34)36-32(40-28)14-12-22-9-5-20(2)6-10-22;1-2/h3-18H,1-2H3;1-2H3/b13-11+,14-12+;. The molecule has 0 saturated carbocycles. The van der Waals surface area contributed by atoms with Crippen molar-refractivity contribution in [2.45, 2.75) is 36.4 Å². The summed E-state index contributed by atoms with van der Waals surface area (Å²) in [7, 11) is 0. The predicted molar refractivity (Wildman–Crippen MR) is 201 cm³/mol. The lowest BCUT2D eigenvalue weighted by Gasteiger charge is -1.93. The van der Waals surface area contributed by atoms with Crippen molar-refractivity contribution in [3.8, 4) is 0 Å². The second-order valence-electron chi connectivity index (χ2n) is 10.2. The Kier molecular flexibility index (Phi) is 8.61. The second-order valence-corrected chi connectivity index (χ2v) is 15.9. The molecular formula is C36H28N4S5. The molecule has 4 heterocycles. The first-order valence-electron chi connectivity index (χ1n) is 14.6. The Morgan fingerprint density at radius 2 is 0.822 bits per heavy atom. The van der Waals surface area contributed by atoms with E-state index in [2.05, 4.69) is 111 Å². The van der Waals surface area contributed by atoms with Crippen LogP contribution in [0.15, 0.2) is 81.5 Å². The largest absolute Gasteiger partial charge is 0.237 e. The maximum atomic E-state index is 4.94. The molecule has 0 aliphatic rings. The fraction of sp³-hybridized carbons (Fsp3) is 0.111. The molecule has 8 aromatic rings. The Balaban J connectivity index is 0.00000160. The number of rotatable bonds is 6. The number of nitrogens with zero attached hydrogens (tertiary/aromatic N) is 4. The van der Waals surface area contributed by atoms with Gasteiger partial charge in [-0.2, -0.15) is 0 Å². The van der Waals surface area contributed by atoms with Crippen LogP contribution in [0.3, 0.4) is 0 Å². The SMILES string of the molecule is CC.Cc1ccc(/C=C/c2nc3cc4sc(Sc5nc6cc7sc(/C=C/c8ccc(C)cc8)nc7cc6s5)nc4cc3s2)cc1. The minimum atomic E-state index is 0.995. The molecule has 222 valence electrons. The van der Waals surface area contributed by atoms with E-state index in [1.807, 2.05) is 13.8 Å². The third-order valence-corrected chi connectivity index (χ3v) is 12.1. The van der Waals surface area contributed by atoms with Crippen LogP contribution in [-0.4, -0.2) is 19.9 Å². The molecule has 0 radical (unpaired) electrons. The summed E-state index contributed by atoms with van der Waals surface area (Å²) in [5.41, 5.74) is 8.93. The first-order valence-corrected chi connectivity index (χ1v) is 18.7. The van der Waals surface area contributed by atoms with Crippen molar-refractivity contribution in [2.75, 3.05) is 0 Å². The third-order valence-electron chi connectivity index (χ3n) is 6.96. The van der Waals surface area contributed by atoms with Crippen LogP contribution in [0.4, 0.5) is 0 Å². The quantitative estimate of drug-likeness (QED) is 0.175. The van der Waals surface area contributed by atoms with Gasteiger partial charge in [-0.3, -0.25) is 0 Å². The van der Waals surface area contributed by atoms with Crippen LogP contribution in [0.2, 0.25) is 0 Å². The molecule has 0 aliphatic heterocycles. The Morgan fingerprint density at radius 3 is 1.22 bits per heavy atom. The van der Waals surface area contributed by atoms with E-state index in [0.717, 1.165) is 59.6 Å². The van der Waals surface area contributed by atoms with Crippen LogP contribution >= 0.6 is 57.1 Å². The highest BCUT2D eigenvalue weighted by Gasteiger charge is 2.14. The van der Waals surface area contributed by atoms with E-state index >= 15 is 0 Å². The summed E-state index contributed by atoms with van der Waals surface area (Å²) in [6.45, 7) is 8.20. The summed E-state index contributed by atoms with van der Waals surface area (Å²) in [6.07, 6.45) is 8.42. The van der Waals surface area contributed by atoms with Crippen molar-refractivity contribution in [1.29, 1.82) is 0 Å². The monoisotopic (exact) mass is 676 g/mol. The highest BCUT2D eigenvalue weighted by atomic mass is 32.2. The van der Waals surface area contributed by atoms with E-state index in [4.69, 9.17) is 19.9 Å². The summed E-state index contributed by atoms with van der Waals surface area (Å²) in [6, 6.07) is 25.7. The maximum Gasteiger partial charge on any atom is 0.158 e. The molecule has 0 bridgehead atoms. The van der Waals surface area contributed by atoms with Gasteiger partial charge in [0.05, 0.1) is 40.9 Å². The Morgan fingerprint density at radius 1 is 0.467 bits per heavy atom. The molecule has 8 rings (SSSR count). The number of hydrogen-bond donors (Lipinski definition) is 0. The van der Waals surface area contributed by atoms with E-state index in [9.17, 15) is 0 Å². The van der Waals surface area contributed by atoms with Gasteiger partial charge in [-0.05, 0) is 73.2 Å². The number of benzene rings is 4. The second kappa shape index (κ2) is 12.9. The van der Waals surface area contributed by atoms with Crippen LogP contribution in [0.5, 0.6) is 0 Å². The van der Waals surface area contributed by atoms with Crippen molar-refractivity contribution >= 4 is 122 Å². The molecule has 0 unspecified atom stereocenters. The van der Waals surface area contributed by atoms with Crippen molar-refractivity contribution in [1.82, 2.24) is 19.9 Å². The average molecular weight is 677 g/mol. The van der Waals surface area contributed by atoms with Gasteiger partial charge < -0.3 is 0 Å². The van der Waals surface area contributed by atoms with Crippen LogP contribution in [0.25, 0.3) is 65.2 Å². The maximum absolute atomic E-state index is 4.94. The zero-order chi connectivity index (χ0) is 30.9. The summed E-state index contributed by atoms with van der Waals surface area (Å²) in [4.78, 5) is 19.6. The lowest BCUT2D eigenvalue weighted by Crippen LogP contribution is -1.74. The number of fused-ring (bicyclic) bond motifs is 4. The van der Waals surface area contributed by atoms with E-state index in [-0.39, 0.29) is 0 Å². The van der Waals surface area contributed by atoms with Crippen LogP contribution in [0, 0.1) is 13.8 Å². The van der Waals surface area contributed by atoms with E-state index in [1.54, 1.807) is 57.1 Å². The first kappa shape index (κ1) is 30.0. The molecule has 4 aromatic heterocycles. The van der Waals surface area contributed by atoms with Gasteiger partial charge in [0.25, 0.3) is 0 Å². The Hall–Kier alpha value is -3.73. The molecule has 0 amide bonds. The summed E-state index contributed by atoms with van der Waals surface area (Å²) >= 11 is 8.42. The van der Waals surface area contributed by atoms with Crippen LogP contribution in [-0.2, 0) is 0 Å². The smallest absolute Gasteiger partial charge is 0.158 e. The molecule has 0 aliphatic carbocycles. The van der Waals surface area contributed by atoms with Gasteiger partial charge in [0.15, 0.2) is 8.68 Å². The molecule has 0 spiro atoms. The predicted octanol–water partition coefficient (Wildman–Crippen LogP) is 12.3. The molecule has 0 saturated heterocycles. The summed E-state index contributed by atoms with van der Waals surface area (Å²) in [5.74, 6) is 0. The highest BCUT2D eigenvalue weighted by molar-refractivity contribution is 8.02. The van der Waals surface area contributed by atoms with Gasteiger partial charge >= 0.3 is 0 Å². The third kappa shape index (κ3) is 6.64. The summed E-state index contributed by atoms with van der Waals surface area (Å²) in [5, 5.41) is 2.00. The Labute approximate surface area is 281 Å². The number of aryl methyl sites for hydroxylation is 2. The lowest BCUT2D eigenvalue weighted by atomic mass is 10.1.